The Morgan fingerprint density at radius 3 is 2.33 bits per heavy atom. The molecule has 3 heterocycles. The van der Waals surface area contributed by atoms with Gasteiger partial charge in [-0.3, -0.25) is 4.98 Å². The van der Waals surface area contributed by atoms with Gasteiger partial charge in [0.05, 0.1) is 5.69 Å². The van der Waals surface area contributed by atoms with E-state index in [0.717, 1.165) is 23.5 Å². The third-order valence-corrected chi connectivity index (χ3v) is 4.74. The Balaban J connectivity index is 1.68. The van der Waals surface area contributed by atoms with E-state index in [1.807, 2.05) is 22.7 Å². The van der Waals surface area contributed by atoms with E-state index < -0.39 is 0 Å². The van der Waals surface area contributed by atoms with Crippen LogP contribution >= 0.6 is 0 Å². The Hall–Kier alpha value is -3.08. The first-order chi connectivity index (χ1) is 13.1. The molecule has 5 heteroatoms. The number of fused-ring (bicyclic) bond motifs is 1. The van der Waals surface area contributed by atoms with Gasteiger partial charge < -0.3 is 0 Å². The van der Waals surface area contributed by atoms with Gasteiger partial charge in [-0.25, -0.2) is 4.98 Å². The summed E-state index contributed by atoms with van der Waals surface area (Å²) in [5.41, 5.74) is 4.58. The molecule has 0 N–H and O–H groups in total. The fourth-order valence-corrected chi connectivity index (χ4v) is 3.30. The molecule has 1 aromatic carbocycles. The molecule has 0 aliphatic rings. The number of nitrogens with zero attached hydrogens (tertiary/aromatic N) is 5. The van der Waals surface area contributed by atoms with E-state index in [1.165, 1.54) is 11.1 Å². The fourth-order valence-electron chi connectivity index (χ4n) is 3.30. The van der Waals surface area contributed by atoms with Crippen LogP contribution in [0.4, 0.5) is 0 Å². The lowest BCUT2D eigenvalue weighted by molar-refractivity contribution is 0.647. The monoisotopic (exact) mass is 357 g/mol. The largest absolute Gasteiger partial charge is 0.265 e. The van der Waals surface area contributed by atoms with Gasteiger partial charge in [0, 0.05) is 30.1 Å². The van der Waals surface area contributed by atoms with Crippen molar-refractivity contribution in [2.45, 2.75) is 33.1 Å². The Labute approximate surface area is 159 Å². The Morgan fingerprint density at radius 2 is 1.63 bits per heavy atom. The van der Waals surface area contributed by atoms with E-state index >= 15 is 0 Å². The molecule has 0 bridgehead atoms. The van der Waals surface area contributed by atoms with Crippen molar-refractivity contribution in [1.29, 1.82) is 0 Å². The molecule has 0 spiro atoms. The van der Waals surface area contributed by atoms with Crippen LogP contribution in [0.25, 0.3) is 17.0 Å². The van der Waals surface area contributed by atoms with Gasteiger partial charge in [-0.15, -0.1) is 5.10 Å². The summed E-state index contributed by atoms with van der Waals surface area (Å²) in [6, 6.07) is 14.7. The lowest BCUT2D eigenvalue weighted by Gasteiger charge is -2.10. The molecule has 0 aliphatic carbocycles. The first-order valence-corrected chi connectivity index (χ1v) is 9.32. The second-order valence-electron chi connectivity index (χ2n) is 7.31. The van der Waals surface area contributed by atoms with Gasteiger partial charge in [0.25, 0.3) is 5.78 Å². The molecule has 0 fully saturated rings. The summed E-state index contributed by atoms with van der Waals surface area (Å²) in [6.07, 6.45) is 6.43. The smallest absolute Gasteiger partial charge is 0.252 e. The standard InChI is InChI=1S/C22H23N5/c1-15(2)14-17-4-6-18(7-5-17)16(3)21-25-22-24-13-10-20(27(22)26-21)19-8-11-23-12-9-19/h4-13,15-16H,14H2,1-3H3/t16-/m1/s1. The topological polar surface area (TPSA) is 56.0 Å². The van der Waals surface area contributed by atoms with Crippen molar-refractivity contribution in [3.63, 3.8) is 0 Å². The Kier molecular flexibility index (Phi) is 4.67. The van der Waals surface area contributed by atoms with Crippen LogP contribution in [0.3, 0.4) is 0 Å². The van der Waals surface area contributed by atoms with Crippen LogP contribution in [-0.2, 0) is 6.42 Å². The quantitative estimate of drug-likeness (QED) is 0.526. The minimum absolute atomic E-state index is 0.102. The second kappa shape index (κ2) is 7.27. The van der Waals surface area contributed by atoms with Crippen LogP contribution in [0, 0.1) is 5.92 Å². The summed E-state index contributed by atoms with van der Waals surface area (Å²) >= 11 is 0. The van der Waals surface area contributed by atoms with Gasteiger partial charge in [0.2, 0.25) is 0 Å². The molecule has 136 valence electrons. The first kappa shape index (κ1) is 17.3. The van der Waals surface area contributed by atoms with Crippen molar-refractivity contribution < 1.29 is 0 Å². The van der Waals surface area contributed by atoms with Crippen molar-refractivity contribution >= 4 is 5.78 Å². The molecule has 0 unspecified atom stereocenters. The van der Waals surface area contributed by atoms with Crippen LogP contribution in [0.1, 0.15) is 43.6 Å². The van der Waals surface area contributed by atoms with Crippen molar-refractivity contribution in [2.24, 2.45) is 5.92 Å². The van der Waals surface area contributed by atoms with Crippen molar-refractivity contribution in [3.05, 3.63) is 78.0 Å². The summed E-state index contributed by atoms with van der Waals surface area (Å²) in [5, 5.41) is 4.76. The first-order valence-electron chi connectivity index (χ1n) is 9.32. The zero-order valence-electron chi connectivity index (χ0n) is 15.9. The molecular weight excluding hydrogens is 334 g/mol. The van der Waals surface area contributed by atoms with Crippen molar-refractivity contribution in [3.8, 4) is 11.3 Å². The normalized spacial score (nSPS) is 12.6. The van der Waals surface area contributed by atoms with Gasteiger partial charge >= 0.3 is 0 Å². The Bertz CT molecular complexity index is 1040. The van der Waals surface area contributed by atoms with E-state index in [0.29, 0.717) is 11.7 Å². The third-order valence-electron chi connectivity index (χ3n) is 4.74. The molecule has 0 saturated carbocycles. The van der Waals surface area contributed by atoms with Crippen LogP contribution in [0.15, 0.2) is 61.1 Å². The molecule has 27 heavy (non-hydrogen) atoms. The number of benzene rings is 1. The van der Waals surface area contributed by atoms with E-state index in [1.54, 1.807) is 18.6 Å². The molecule has 1 atom stereocenters. The molecule has 0 radical (unpaired) electrons. The predicted molar refractivity (Wildman–Crippen MR) is 107 cm³/mol. The molecule has 0 amide bonds. The van der Waals surface area contributed by atoms with Gasteiger partial charge in [0.15, 0.2) is 5.82 Å². The van der Waals surface area contributed by atoms with E-state index in [2.05, 4.69) is 60.0 Å². The van der Waals surface area contributed by atoms with Gasteiger partial charge in [0.1, 0.15) is 0 Å². The highest BCUT2D eigenvalue weighted by molar-refractivity contribution is 5.60. The SMILES string of the molecule is CC(C)Cc1ccc([C@@H](C)c2nc3nccc(-c4ccncc4)n3n2)cc1. The minimum atomic E-state index is 0.102. The molecule has 3 aromatic heterocycles. The zero-order valence-corrected chi connectivity index (χ0v) is 15.9. The highest BCUT2D eigenvalue weighted by Gasteiger charge is 2.17. The number of hydrogen-bond donors (Lipinski definition) is 0. The molecular formula is C22H23N5. The Morgan fingerprint density at radius 1 is 0.889 bits per heavy atom. The molecule has 4 aromatic rings. The molecule has 0 aliphatic heterocycles. The lowest BCUT2D eigenvalue weighted by atomic mass is 9.96. The summed E-state index contributed by atoms with van der Waals surface area (Å²) in [7, 11) is 0. The number of pyridine rings is 1. The van der Waals surface area contributed by atoms with Crippen molar-refractivity contribution in [2.75, 3.05) is 0 Å². The van der Waals surface area contributed by atoms with E-state index in [4.69, 9.17) is 5.10 Å². The average Bonchev–Trinajstić information content (AvgIpc) is 3.12. The number of rotatable bonds is 5. The van der Waals surface area contributed by atoms with Crippen LogP contribution < -0.4 is 0 Å². The zero-order chi connectivity index (χ0) is 18.8. The van der Waals surface area contributed by atoms with E-state index in [9.17, 15) is 0 Å². The number of hydrogen-bond acceptors (Lipinski definition) is 4. The summed E-state index contributed by atoms with van der Waals surface area (Å²) < 4.78 is 1.81. The molecule has 0 saturated heterocycles. The van der Waals surface area contributed by atoms with Gasteiger partial charge in [-0.1, -0.05) is 45.0 Å². The minimum Gasteiger partial charge on any atom is -0.265 e. The van der Waals surface area contributed by atoms with E-state index in [-0.39, 0.29) is 5.92 Å². The third kappa shape index (κ3) is 3.58. The van der Waals surface area contributed by atoms with Gasteiger partial charge in [-0.05, 0) is 41.7 Å². The maximum Gasteiger partial charge on any atom is 0.252 e. The van der Waals surface area contributed by atoms with Crippen LogP contribution in [0.5, 0.6) is 0 Å². The predicted octanol–water partition coefficient (Wildman–Crippen LogP) is 4.54. The lowest BCUT2D eigenvalue weighted by Crippen LogP contribution is -2.01. The summed E-state index contributed by atoms with van der Waals surface area (Å²) in [6.45, 7) is 6.62. The van der Waals surface area contributed by atoms with Crippen LogP contribution in [0.2, 0.25) is 0 Å². The van der Waals surface area contributed by atoms with Crippen molar-refractivity contribution in [1.82, 2.24) is 24.6 Å². The maximum absolute atomic E-state index is 4.76. The second-order valence-corrected chi connectivity index (χ2v) is 7.31. The summed E-state index contributed by atoms with van der Waals surface area (Å²) in [5.74, 6) is 2.15. The highest BCUT2D eigenvalue weighted by atomic mass is 15.3. The van der Waals surface area contributed by atoms with Gasteiger partial charge in [-0.2, -0.15) is 9.50 Å². The van der Waals surface area contributed by atoms with Crippen LogP contribution in [-0.4, -0.2) is 24.6 Å². The average molecular weight is 357 g/mol. The number of aromatic nitrogens is 5. The fraction of sp³-hybridized carbons (Fsp3) is 0.273. The summed E-state index contributed by atoms with van der Waals surface area (Å²) in [4.78, 5) is 13.1. The molecule has 4 rings (SSSR count). The molecule has 5 nitrogen and oxygen atoms in total. The maximum atomic E-state index is 4.76. The highest BCUT2D eigenvalue weighted by Crippen LogP contribution is 2.24.